The molecule has 2 aromatic rings. The molecule has 0 aliphatic carbocycles. The van der Waals surface area contributed by atoms with E-state index in [0.717, 1.165) is 6.42 Å². The minimum atomic E-state index is -0.305. The van der Waals surface area contributed by atoms with Gasteiger partial charge in [-0.3, -0.25) is 0 Å². The Morgan fingerprint density at radius 1 is 1.24 bits per heavy atom. The van der Waals surface area contributed by atoms with Crippen LogP contribution in [0.15, 0.2) is 35.7 Å². The summed E-state index contributed by atoms with van der Waals surface area (Å²) < 4.78 is 18.8. The van der Waals surface area contributed by atoms with Gasteiger partial charge >= 0.3 is 0 Å². The molecule has 2 N–H and O–H groups in total. The molecule has 2 rings (SSSR count). The summed E-state index contributed by atoms with van der Waals surface area (Å²) >= 11 is 1.70. The maximum Gasteiger partial charge on any atom is 0.130 e. The normalized spacial score (nSPS) is 10.6. The lowest BCUT2D eigenvalue weighted by molar-refractivity contribution is 0.122. The molecule has 0 radical (unpaired) electrons. The van der Waals surface area contributed by atoms with Gasteiger partial charge in [-0.2, -0.15) is 0 Å². The van der Waals surface area contributed by atoms with Crippen molar-refractivity contribution in [2.75, 3.05) is 12.3 Å². The zero-order valence-corrected chi connectivity index (χ0v) is 10.2. The molecule has 0 saturated heterocycles. The largest absolute Gasteiger partial charge is 0.398 e. The maximum atomic E-state index is 13.4. The van der Waals surface area contributed by atoms with E-state index in [1.807, 2.05) is 11.4 Å². The Hall–Kier alpha value is -1.39. The Morgan fingerprint density at radius 3 is 2.82 bits per heavy atom. The summed E-state index contributed by atoms with van der Waals surface area (Å²) in [6.07, 6.45) is 0.853. The number of hydrogen-bond donors (Lipinski definition) is 1. The van der Waals surface area contributed by atoms with Gasteiger partial charge in [0.1, 0.15) is 5.82 Å². The fourth-order valence-corrected chi connectivity index (χ4v) is 2.22. The first kappa shape index (κ1) is 12.1. The molecule has 90 valence electrons. The SMILES string of the molecule is Nc1cccc(F)c1COCCc1cccs1. The van der Waals surface area contributed by atoms with Gasteiger partial charge in [-0.05, 0) is 23.6 Å². The number of ether oxygens (including phenoxy) is 1. The van der Waals surface area contributed by atoms with Gasteiger partial charge in [0.2, 0.25) is 0 Å². The quantitative estimate of drug-likeness (QED) is 0.654. The van der Waals surface area contributed by atoms with Gasteiger partial charge in [-0.25, -0.2) is 4.39 Å². The van der Waals surface area contributed by atoms with E-state index in [0.29, 0.717) is 17.9 Å². The summed E-state index contributed by atoms with van der Waals surface area (Å²) in [6, 6.07) is 8.75. The van der Waals surface area contributed by atoms with Gasteiger partial charge in [-0.15, -0.1) is 11.3 Å². The molecule has 0 aliphatic heterocycles. The van der Waals surface area contributed by atoms with E-state index in [4.69, 9.17) is 10.5 Å². The van der Waals surface area contributed by atoms with Crippen LogP contribution in [0, 0.1) is 5.82 Å². The molecule has 1 heterocycles. The van der Waals surface area contributed by atoms with Crippen molar-refractivity contribution in [1.82, 2.24) is 0 Å². The molecule has 0 aliphatic rings. The smallest absolute Gasteiger partial charge is 0.130 e. The summed E-state index contributed by atoms with van der Waals surface area (Å²) in [6.45, 7) is 0.804. The van der Waals surface area contributed by atoms with Crippen molar-refractivity contribution in [1.29, 1.82) is 0 Å². The topological polar surface area (TPSA) is 35.2 Å². The molecule has 0 saturated carbocycles. The first-order valence-corrected chi connectivity index (χ1v) is 6.28. The van der Waals surface area contributed by atoms with E-state index in [-0.39, 0.29) is 12.4 Å². The van der Waals surface area contributed by atoms with Crippen LogP contribution in [-0.2, 0) is 17.8 Å². The lowest BCUT2D eigenvalue weighted by atomic mass is 10.2. The Balaban J connectivity index is 1.82. The van der Waals surface area contributed by atoms with Gasteiger partial charge in [0.25, 0.3) is 0 Å². The number of anilines is 1. The maximum absolute atomic E-state index is 13.4. The molecule has 0 amide bonds. The monoisotopic (exact) mass is 251 g/mol. The van der Waals surface area contributed by atoms with E-state index in [1.165, 1.54) is 10.9 Å². The van der Waals surface area contributed by atoms with Crippen molar-refractivity contribution in [3.05, 3.63) is 52.0 Å². The van der Waals surface area contributed by atoms with Gasteiger partial charge < -0.3 is 10.5 Å². The van der Waals surface area contributed by atoms with Crippen molar-refractivity contribution < 1.29 is 9.13 Å². The molecular formula is C13H14FNOS. The standard InChI is InChI=1S/C13H14FNOS/c14-12-4-1-5-13(15)11(12)9-16-7-6-10-3-2-8-17-10/h1-5,8H,6-7,9,15H2. The molecule has 0 unspecified atom stereocenters. The summed E-state index contributed by atoms with van der Waals surface area (Å²) in [5.41, 5.74) is 6.57. The Bertz CT molecular complexity index is 450. The van der Waals surface area contributed by atoms with E-state index in [9.17, 15) is 4.39 Å². The zero-order valence-electron chi connectivity index (χ0n) is 9.36. The first-order chi connectivity index (χ1) is 8.27. The number of thiophene rings is 1. The molecule has 1 aromatic heterocycles. The van der Waals surface area contributed by atoms with Gasteiger partial charge in [0, 0.05) is 22.5 Å². The van der Waals surface area contributed by atoms with Crippen molar-refractivity contribution in [2.45, 2.75) is 13.0 Å². The number of rotatable bonds is 5. The third kappa shape index (κ3) is 3.28. The minimum absolute atomic E-state index is 0.226. The van der Waals surface area contributed by atoms with Crippen LogP contribution in [0.1, 0.15) is 10.4 Å². The second-order valence-electron chi connectivity index (χ2n) is 3.69. The zero-order chi connectivity index (χ0) is 12.1. The predicted molar refractivity (Wildman–Crippen MR) is 68.5 cm³/mol. The lowest BCUT2D eigenvalue weighted by Crippen LogP contribution is -2.03. The van der Waals surface area contributed by atoms with E-state index >= 15 is 0 Å². The molecular weight excluding hydrogens is 237 g/mol. The number of hydrogen-bond acceptors (Lipinski definition) is 3. The lowest BCUT2D eigenvalue weighted by Gasteiger charge is -2.07. The van der Waals surface area contributed by atoms with Crippen LogP contribution >= 0.6 is 11.3 Å². The first-order valence-electron chi connectivity index (χ1n) is 5.40. The molecule has 4 heteroatoms. The fourth-order valence-electron chi connectivity index (χ4n) is 1.53. The van der Waals surface area contributed by atoms with Gasteiger partial charge in [0.05, 0.1) is 13.2 Å². The third-order valence-electron chi connectivity index (χ3n) is 2.47. The van der Waals surface area contributed by atoms with Crippen molar-refractivity contribution >= 4 is 17.0 Å². The van der Waals surface area contributed by atoms with E-state index < -0.39 is 0 Å². The van der Waals surface area contributed by atoms with Crippen molar-refractivity contribution in [2.24, 2.45) is 0 Å². The summed E-state index contributed by atoms with van der Waals surface area (Å²) in [4.78, 5) is 1.27. The predicted octanol–water partition coefficient (Wildman–Crippen LogP) is 3.23. The number of halogens is 1. The van der Waals surface area contributed by atoms with Crippen LogP contribution in [0.5, 0.6) is 0 Å². The second kappa shape index (κ2) is 5.80. The van der Waals surface area contributed by atoms with Crippen molar-refractivity contribution in [3.63, 3.8) is 0 Å². The Labute approximate surface area is 104 Å². The molecule has 17 heavy (non-hydrogen) atoms. The average molecular weight is 251 g/mol. The molecule has 1 aromatic carbocycles. The summed E-state index contributed by atoms with van der Waals surface area (Å²) in [5, 5.41) is 2.03. The highest BCUT2D eigenvalue weighted by molar-refractivity contribution is 7.09. The van der Waals surface area contributed by atoms with Gasteiger partial charge in [-0.1, -0.05) is 12.1 Å². The second-order valence-corrected chi connectivity index (χ2v) is 4.72. The highest BCUT2D eigenvalue weighted by Crippen LogP contribution is 2.17. The van der Waals surface area contributed by atoms with E-state index in [1.54, 1.807) is 23.5 Å². The highest BCUT2D eigenvalue weighted by atomic mass is 32.1. The number of benzene rings is 1. The summed E-state index contributed by atoms with van der Waals surface area (Å²) in [5.74, 6) is -0.305. The Morgan fingerprint density at radius 2 is 2.12 bits per heavy atom. The average Bonchev–Trinajstić information content (AvgIpc) is 2.80. The Kier molecular flexibility index (Phi) is 4.12. The highest BCUT2D eigenvalue weighted by Gasteiger charge is 2.05. The van der Waals surface area contributed by atoms with Crippen LogP contribution < -0.4 is 5.73 Å². The number of nitrogen functional groups attached to an aromatic ring is 1. The van der Waals surface area contributed by atoms with Crippen LogP contribution in [0.4, 0.5) is 10.1 Å². The molecule has 2 nitrogen and oxygen atoms in total. The summed E-state index contributed by atoms with van der Waals surface area (Å²) in [7, 11) is 0. The third-order valence-corrected chi connectivity index (χ3v) is 3.41. The molecule has 0 bridgehead atoms. The van der Waals surface area contributed by atoms with Crippen molar-refractivity contribution in [3.8, 4) is 0 Å². The van der Waals surface area contributed by atoms with Gasteiger partial charge in [0.15, 0.2) is 0 Å². The number of nitrogens with two attached hydrogens (primary N) is 1. The van der Waals surface area contributed by atoms with Crippen LogP contribution in [-0.4, -0.2) is 6.61 Å². The van der Waals surface area contributed by atoms with Crippen LogP contribution in [0.2, 0.25) is 0 Å². The van der Waals surface area contributed by atoms with Crippen LogP contribution in [0.3, 0.4) is 0 Å². The molecule has 0 atom stereocenters. The molecule has 0 fully saturated rings. The minimum Gasteiger partial charge on any atom is -0.398 e. The van der Waals surface area contributed by atoms with E-state index in [2.05, 4.69) is 6.07 Å². The molecule has 0 spiro atoms. The van der Waals surface area contributed by atoms with Crippen LogP contribution in [0.25, 0.3) is 0 Å². The fraction of sp³-hybridized carbons (Fsp3) is 0.231.